The lowest BCUT2D eigenvalue weighted by atomic mass is 10.1. The van der Waals surface area contributed by atoms with Crippen molar-refractivity contribution >= 4 is 16.8 Å². The second-order valence-electron chi connectivity index (χ2n) is 4.76. The summed E-state index contributed by atoms with van der Waals surface area (Å²) in [6, 6.07) is 9.99. The molecule has 4 heteroatoms. The molecule has 4 nitrogen and oxygen atoms in total. The Morgan fingerprint density at radius 1 is 1.32 bits per heavy atom. The fourth-order valence-corrected chi connectivity index (χ4v) is 2.52. The molecule has 0 bridgehead atoms. The van der Waals surface area contributed by atoms with Crippen LogP contribution in [0.15, 0.2) is 36.5 Å². The summed E-state index contributed by atoms with van der Waals surface area (Å²) in [6.45, 7) is 1.86. The van der Waals surface area contributed by atoms with Crippen molar-refractivity contribution in [2.45, 2.75) is 6.92 Å². The molecule has 0 aliphatic carbocycles. The van der Waals surface area contributed by atoms with Gasteiger partial charge in [0.05, 0.1) is 5.56 Å². The maximum Gasteiger partial charge on any atom is 0.250 e. The molecule has 0 aliphatic heterocycles. The van der Waals surface area contributed by atoms with Gasteiger partial charge in [-0.05, 0) is 19.1 Å². The lowest BCUT2D eigenvalue weighted by Gasteiger charge is -1.95. The highest BCUT2D eigenvalue weighted by atomic mass is 16.1. The molecule has 3 rings (SSSR count). The summed E-state index contributed by atoms with van der Waals surface area (Å²) in [7, 11) is 2.01. The SMILES string of the molecule is Cc1[nH]c(-c2cn(C)c3ccccc23)cc1C(N)=O. The minimum absolute atomic E-state index is 0.403. The van der Waals surface area contributed by atoms with E-state index in [1.54, 1.807) is 0 Å². The first-order valence-corrected chi connectivity index (χ1v) is 6.12. The summed E-state index contributed by atoms with van der Waals surface area (Å²) >= 11 is 0. The number of nitrogens with zero attached hydrogens (tertiary/aromatic N) is 1. The molecule has 1 amide bonds. The quantitative estimate of drug-likeness (QED) is 0.724. The van der Waals surface area contributed by atoms with Gasteiger partial charge in [-0.15, -0.1) is 0 Å². The number of carbonyl (C=O) groups is 1. The molecule has 0 fully saturated rings. The van der Waals surface area contributed by atoms with Gasteiger partial charge < -0.3 is 15.3 Å². The van der Waals surface area contributed by atoms with Crippen LogP contribution in [-0.2, 0) is 7.05 Å². The predicted octanol–water partition coefficient (Wildman–Crippen LogP) is 2.58. The number of amides is 1. The predicted molar refractivity (Wildman–Crippen MR) is 76.0 cm³/mol. The molecule has 19 heavy (non-hydrogen) atoms. The Kier molecular flexibility index (Phi) is 2.45. The monoisotopic (exact) mass is 253 g/mol. The normalized spacial score (nSPS) is 11.1. The lowest BCUT2D eigenvalue weighted by molar-refractivity contribution is 0.1000. The highest BCUT2D eigenvalue weighted by molar-refractivity contribution is 5.99. The van der Waals surface area contributed by atoms with Crippen molar-refractivity contribution in [2.24, 2.45) is 12.8 Å². The van der Waals surface area contributed by atoms with Crippen LogP contribution in [0.2, 0.25) is 0 Å². The van der Waals surface area contributed by atoms with Crippen molar-refractivity contribution < 1.29 is 4.79 Å². The molecule has 2 heterocycles. The van der Waals surface area contributed by atoms with Gasteiger partial charge in [0, 0.05) is 41.1 Å². The maximum absolute atomic E-state index is 11.3. The number of fused-ring (bicyclic) bond motifs is 1. The summed E-state index contributed by atoms with van der Waals surface area (Å²) in [6.07, 6.45) is 2.06. The van der Waals surface area contributed by atoms with Crippen LogP contribution >= 0.6 is 0 Å². The molecule has 0 spiro atoms. The number of carbonyl (C=O) groups excluding carboxylic acids is 1. The van der Waals surface area contributed by atoms with E-state index in [1.807, 2.05) is 32.2 Å². The Morgan fingerprint density at radius 2 is 2.05 bits per heavy atom. The van der Waals surface area contributed by atoms with Gasteiger partial charge >= 0.3 is 0 Å². The third-order valence-corrected chi connectivity index (χ3v) is 3.47. The van der Waals surface area contributed by atoms with Crippen molar-refractivity contribution in [2.75, 3.05) is 0 Å². The Bertz CT molecular complexity index is 780. The number of para-hydroxylation sites is 1. The maximum atomic E-state index is 11.3. The second-order valence-corrected chi connectivity index (χ2v) is 4.76. The summed E-state index contributed by atoms with van der Waals surface area (Å²) in [4.78, 5) is 14.6. The van der Waals surface area contributed by atoms with Crippen LogP contribution in [0.3, 0.4) is 0 Å². The van der Waals surface area contributed by atoms with E-state index in [-0.39, 0.29) is 0 Å². The number of rotatable bonds is 2. The third kappa shape index (κ3) is 1.73. The van der Waals surface area contributed by atoms with Crippen LogP contribution in [0.25, 0.3) is 22.2 Å². The second kappa shape index (κ2) is 4.02. The molecular weight excluding hydrogens is 238 g/mol. The topological polar surface area (TPSA) is 63.8 Å². The van der Waals surface area contributed by atoms with Crippen LogP contribution in [0.5, 0.6) is 0 Å². The van der Waals surface area contributed by atoms with Crippen molar-refractivity contribution in [3.8, 4) is 11.3 Å². The van der Waals surface area contributed by atoms with Gasteiger partial charge in [-0.25, -0.2) is 0 Å². The van der Waals surface area contributed by atoms with Crippen molar-refractivity contribution in [3.63, 3.8) is 0 Å². The first-order valence-electron chi connectivity index (χ1n) is 6.12. The van der Waals surface area contributed by atoms with Crippen molar-refractivity contribution in [1.29, 1.82) is 0 Å². The van der Waals surface area contributed by atoms with Crippen LogP contribution in [-0.4, -0.2) is 15.5 Å². The number of nitrogens with one attached hydrogen (secondary N) is 1. The molecular formula is C15H15N3O. The number of hydrogen-bond donors (Lipinski definition) is 2. The number of hydrogen-bond acceptors (Lipinski definition) is 1. The number of benzene rings is 1. The molecule has 3 N–H and O–H groups in total. The van der Waals surface area contributed by atoms with E-state index in [0.717, 1.165) is 27.9 Å². The van der Waals surface area contributed by atoms with E-state index in [0.29, 0.717) is 5.56 Å². The van der Waals surface area contributed by atoms with E-state index in [2.05, 4.69) is 27.9 Å². The van der Waals surface area contributed by atoms with E-state index < -0.39 is 5.91 Å². The summed E-state index contributed by atoms with van der Waals surface area (Å²) in [5.74, 6) is -0.403. The van der Waals surface area contributed by atoms with E-state index >= 15 is 0 Å². The number of primary amides is 1. The minimum Gasteiger partial charge on any atom is -0.366 e. The molecule has 0 unspecified atom stereocenters. The zero-order chi connectivity index (χ0) is 13.6. The first kappa shape index (κ1) is 11.6. The van der Waals surface area contributed by atoms with E-state index in [4.69, 9.17) is 5.73 Å². The molecule has 2 aromatic heterocycles. The van der Waals surface area contributed by atoms with E-state index in [9.17, 15) is 4.79 Å². The standard InChI is InChI=1S/C15H15N3O/c1-9-11(15(16)19)7-13(17-9)12-8-18(2)14-6-4-3-5-10(12)14/h3-8,17H,1-2H3,(H2,16,19). The van der Waals surface area contributed by atoms with Crippen LogP contribution in [0, 0.1) is 6.92 Å². The summed E-state index contributed by atoms with van der Waals surface area (Å²) < 4.78 is 2.07. The van der Waals surface area contributed by atoms with Crippen molar-refractivity contribution in [3.05, 3.63) is 47.8 Å². The number of aromatic amines is 1. The Labute approximate surface area is 110 Å². The number of nitrogens with two attached hydrogens (primary N) is 1. The molecule has 0 aliphatic rings. The summed E-state index contributed by atoms with van der Waals surface area (Å²) in [5, 5.41) is 1.15. The van der Waals surface area contributed by atoms with E-state index in [1.165, 1.54) is 0 Å². The fraction of sp³-hybridized carbons (Fsp3) is 0.133. The van der Waals surface area contributed by atoms with Gasteiger partial charge in [-0.3, -0.25) is 4.79 Å². The van der Waals surface area contributed by atoms with Crippen LogP contribution in [0.4, 0.5) is 0 Å². The van der Waals surface area contributed by atoms with Gasteiger partial charge in [0.15, 0.2) is 0 Å². The highest BCUT2D eigenvalue weighted by Gasteiger charge is 2.14. The van der Waals surface area contributed by atoms with Crippen molar-refractivity contribution in [1.82, 2.24) is 9.55 Å². The molecule has 1 aromatic carbocycles. The third-order valence-electron chi connectivity index (χ3n) is 3.47. The van der Waals surface area contributed by atoms with Gasteiger partial charge in [0.1, 0.15) is 0 Å². The molecule has 96 valence electrons. The largest absolute Gasteiger partial charge is 0.366 e. The summed E-state index contributed by atoms with van der Waals surface area (Å²) in [5.41, 5.74) is 9.86. The smallest absolute Gasteiger partial charge is 0.250 e. The van der Waals surface area contributed by atoms with Gasteiger partial charge in [-0.2, -0.15) is 0 Å². The zero-order valence-electron chi connectivity index (χ0n) is 10.9. The molecule has 3 aromatic rings. The van der Waals surface area contributed by atoms with Gasteiger partial charge in [0.25, 0.3) is 5.91 Å². The number of H-pyrrole nitrogens is 1. The molecule has 0 saturated carbocycles. The minimum atomic E-state index is -0.403. The van der Waals surface area contributed by atoms with Crippen LogP contribution < -0.4 is 5.73 Å². The molecule has 0 radical (unpaired) electrons. The average Bonchev–Trinajstić information content (AvgIpc) is 2.91. The van der Waals surface area contributed by atoms with Crippen LogP contribution in [0.1, 0.15) is 16.1 Å². The molecule has 0 saturated heterocycles. The van der Waals surface area contributed by atoms with Gasteiger partial charge in [-0.1, -0.05) is 18.2 Å². The Morgan fingerprint density at radius 3 is 2.74 bits per heavy atom. The lowest BCUT2D eigenvalue weighted by Crippen LogP contribution is -2.10. The Hall–Kier alpha value is -2.49. The number of aryl methyl sites for hydroxylation is 2. The highest BCUT2D eigenvalue weighted by Crippen LogP contribution is 2.30. The fourth-order valence-electron chi connectivity index (χ4n) is 2.52. The Balaban J connectivity index is 2.25. The van der Waals surface area contributed by atoms with Gasteiger partial charge in [0.2, 0.25) is 0 Å². The molecule has 0 atom stereocenters. The number of aromatic nitrogens is 2. The first-order chi connectivity index (χ1) is 9.08. The average molecular weight is 253 g/mol. The zero-order valence-corrected chi connectivity index (χ0v) is 10.9.